The number of benzene rings is 2. The Morgan fingerprint density at radius 1 is 0.935 bits per heavy atom. The smallest absolute Gasteiger partial charge is 0.271 e. The number of anilines is 2. The van der Waals surface area contributed by atoms with Crippen LogP contribution in [0.15, 0.2) is 85.3 Å². The maximum absolute atomic E-state index is 14.3. The summed E-state index contributed by atoms with van der Waals surface area (Å²) in [5, 5.41) is 15.2. The highest BCUT2D eigenvalue weighted by Crippen LogP contribution is 2.31. The minimum absolute atomic E-state index is 0.0603. The number of halogens is 2. The zero-order valence-corrected chi connectivity index (χ0v) is 25.0. The lowest BCUT2D eigenvalue weighted by atomic mass is 9.82. The van der Waals surface area contributed by atoms with Crippen molar-refractivity contribution in [2.24, 2.45) is 5.92 Å². The summed E-state index contributed by atoms with van der Waals surface area (Å²) in [4.78, 5) is 34.7. The van der Waals surface area contributed by atoms with E-state index in [0.717, 1.165) is 30.2 Å². The highest BCUT2D eigenvalue weighted by atomic mass is 19.1. The van der Waals surface area contributed by atoms with Gasteiger partial charge in [-0.15, -0.1) is 0 Å². The number of hydrogen-bond donors (Lipinski definition) is 3. The summed E-state index contributed by atoms with van der Waals surface area (Å²) in [5.74, 6) is -0.502. The second-order valence-corrected chi connectivity index (χ2v) is 11.4. The molecule has 3 N–H and O–H groups in total. The molecule has 0 aliphatic heterocycles. The van der Waals surface area contributed by atoms with Crippen LogP contribution in [0.25, 0.3) is 16.8 Å². The number of carbonyl (C=O) groups excluding carboxylic acids is 2. The number of ether oxygens (including phenoxy) is 1. The lowest BCUT2D eigenvalue weighted by Crippen LogP contribution is -2.38. The Morgan fingerprint density at radius 2 is 1.74 bits per heavy atom. The highest BCUT2D eigenvalue weighted by Gasteiger charge is 2.27. The monoisotopic (exact) mass is 625 g/mol. The highest BCUT2D eigenvalue weighted by molar-refractivity contribution is 6.01. The minimum atomic E-state index is -0.590. The number of pyridine rings is 2. The molecule has 0 saturated heterocycles. The average molecular weight is 626 g/mol. The fourth-order valence-corrected chi connectivity index (χ4v) is 5.79. The van der Waals surface area contributed by atoms with E-state index < -0.39 is 11.6 Å². The molecule has 3 aromatic heterocycles. The molecule has 0 spiro atoms. The van der Waals surface area contributed by atoms with E-state index in [1.807, 2.05) is 48.5 Å². The summed E-state index contributed by atoms with van der Waals surface area (Å²) in [6, 6.07) is 19.1. The number of hydrogen-bond acceptors (Lipinski definition) is 7. The van der Waals surface area contributed by atoms with Crippen LogP contribution >= 0.6 is 0 Å². The van der Waals surface area contributed by atoms with Crippen LogP contribution in [0.3, 0.4) is 0 Å². The number of rotatable bonds is 11. The number of aliphatic hydroxyl groups excluding tert-OH is 1. The van der Waals surface area contributed by atoms with Gasteiger partial charge < -0.3 is 24.9 Å². The maximum atomic E-state index is 14.3. The van der Waals surface area contributed by atoms with Crippen molar-refractivity contribution in [3.63, 3.8) is 0 Å². The molecule has 3 heterocycles. The molecule has 1 aliphatic carbocycles. The molecule has 9 nitrogen and oxygen atoms in total. The standard InChI is InChI=1S/C35H33F2N5O4/c36-25-8-13-33-41-31(21-42(33)20-25)35(45)40-27-9-4-22(5-10-27)16-32(44)30-18-26(37)19-38-34(30)39-28-3-1-2-24(17-28)23-6-11-29(12-7-23)46-15-14-43/h1-3,6-8,11-13,17-22,27,43H,4-5,9-10,14-16H2,(H,38,39)(H,40,45). The fraction of sp³-hybridized carbons (Fsp3) is 0.257. The van der Waals surface area contributed by atoms with E-state index in [9.17, 15) is 18.4 Å². The number of Topliss-reactive ketones (excluding diaryl/α,β-unsaturated/α-hetero) is 1. The second kappa shape index (κ2) is 13.9. The van der Waals surface area contributed by atoms with Gasteiger partial charge in [0.05, 0.1) is 18.4 Å². The van der Waals surface area contributed by atoms with E-state index in [-0.39, 0.29) is 60.4 Å². The first-order valence-corrected chi connectivity index (χ1v) is 15.2. The minimum Gasteiger partial charge on any atom is -0.491 e. The number of nitrogens with zero attached hydrogens (tertiary/aromatic N) is 3. The maximum Gasteiger partial charge on any atom is 0.271 e. The largest absolute Gasteiger partial charge is 0.491 e. The topological polar surface area (TPSA) is 118 Å². The molecule has 2 aromatic carbocycles. The van der Waals surface area contributed by atoms with Crippen LogP contribution in [0.1, 0.15) is 53.0 Å². The Hall–Kier alpha value is -5.16. The van der Waals surface area contributed by atoms with Crippen LogP contribution in [0.2, 0.25) is 0 Å². The van der Waals surface area contributed by atoms with Gasteiger partial charge in [0.1, 0.15) is 41.1 Å². The van der Waals surface area contributed by atoms with Crippen molar-refractivity contribution in [1.82, 2.24) is 19.7 Å². The van der Waals surface area contributed by atoms with Gasteiger partial charge >= 0.3 is 0 Å². The third-order valence-electron chi connectivity index (χ3n) is 8.13. The molecule has 5 aromatic rings. The summed E-state index contributed by atoms with van der Waals surface area (Å²) >= 11 is 0. The van der Waals surface area contributed by atoms with Gasteiger partial charge in [0.15, 0.2) is 5.78 Å². The first-order valence-electron chi connectivity index (χ1n) is 15.2. The molecule has 0 atom stereocenters. The van der Waals surface area contributed by atoms with Crippen LogP contribution in [-0.2, 0) is 0 Å². The van der Waals surface area contributed by atoms with Gasteiger partial charge in [-0.25, -0.2) is 18.7 Å². The van der Waals surface area contributed by atoms with Gasteiger partial charge in [-0.1, -0.05) is 24.3 Å². The van der Waals surface area contributed by atoms with Crippen LogP contribution in [0, 0.1) is 17.6 Å². The second-order valence-electron chi connectivity index (χ2n) is 11.4. The number of imidazole rings is 1. The van der Waals surface area contributed by atoms with E-state index >= 15 is 0 Å². The molecule has 0 unspecified atom stereocenters. The summed E-state index contributed by atoms with van der Waals surface area (Å²) < 4.78 is 34.7. The van der Waals surface area contributed by atoms with Crippen LogP contribution in [0.5, 0.6) is 5.75 Å². The Labute approximate surface area is 264 Å². The summed E-state index contributed by atoms with van der Waals surface area (Å²) in [6.45, 7) is 0.162. The van der Waals surface area contributed by atoms with Crippen LogP contribution in [-0.4, -0.2) is 50.4 Å². The number of aromatic nitrogens is 3. The number of ketones is 1. The molecule has 1 fully saturated rings. The van der Waals surface area contributed by atoms with E-state index in [2.05, 4.69) is 20.6 Å². The Balaban J connectivity index is 1.06. The molecule has 46 heavy (non-hydrogen) atoms. The number of fused-ring (bicyclic) bond motifs is 1. The van der Waals surface area contributed by atoms with Gasteiger partial charge in [0.2, 0.25) is 0 Å². The van der Waals surface area contributed by atoms with E-state index in [0.29, 0.717) is 29.9 Å². The molecule has 0 radical (unpaired) electrons. The van der Waals surface area contributed by atoms with Crippen molar-refractivity contribution in [2.75, 3.05) is 18.5 Å². The third kappa shape index (κ3) is 7.37. The SMILES string of the molecule is O=C(NC1CCC(CC(=O)c2cc(F)cnc2Nc2cccc(-c3ccc(OCCO)cc3)c2)CC1)c1cn2cc(F)ccc2n1. The van der Waals surface area contributed by atoms with E-state index in [4.69, 9.17) is 9.84 Å². The van der Waals surface area contributed by atoms with Crippen molar-refractivity contribution >= 4 is 28.8 Å². The zero-order valence-electron chi connectivity index (χ0n) is 25.0. The number of carbonyl (C=O) groups is 2. The van der Waals surface area contributed by atoms with Gasteiger partial charge in [-0.3, -0.25) is 9.59 Å². The third-order valence-corrected chi connectivity index (χ3v) is 8.13. The summed E-state index contributed by atoms with van der Waals surface area (Å²) in [5.41, 5.74) is 3.45. The predicted octanol–water partition coefficient (Wildman–Crippen LogP) is 6.35. The number of aliphatic hydroxyl groups is 1. The Bertz CT molecular complexity index is 1850. The molecular weight excluding hydrogens is 592 g/mol. The zero-order chi connectivity index (χ0) is 32.0. The first kappa shape index (κ1) is 30.8. The normalized spacial score (nSPS) is 16.2. The number of nitrogens with one attached hydrogen (secondary N) is 2. The van der Waals surface area contributed by atoms with Crippen molar-refractivity contribution in [2.45, 2.75) is 38.1 Å². The summed E-state index contributed by atoms with van der Waals surface area (Å²) in [6.07, 6.45) is 6.94. The molecule has 0 bridgehead atoms. The Kier molecular flexibility index (Phi) is 9.30. The Morgan fingerprint density at radius 3 is 2.52 bits per heavy atom. The lowest BCUT2D eigenvalue weighted by molar-refractivity contribution is 0.0894. The van der Waals surface area contributed by atoms with Crippen molar-refractivity contribution < 1.29 is 28.2 Å². The summed E-state index contributed by atoms with van der Waals surface area (Å²) in [7, 11) is 0. The van der Waals surface area contributed by atoms with Crippen molar-refractivity contribution in [3.8, 4) is 16.9 Å². The fourth-order valence-electron chi connectivity index (χ4n) is 5.79. The molecule has 1 aliphatic rings. The first-order chi connectivity index (χ1) is 22.3. The molecule has 11 heteroatoms. The van der Waals surface area contributed by atoms with Gasteiger partial charge in [0, 0.05) is 30.5 Å². The van der Waals surface area contributed by atoms with Gasteiger partial charge in [0.25, 0.3) is 5.91 Å². The van der Waals surface area contributed by atoms with Gasteiger partial charge in [-0.2, -0.15) is 0 Å². The van der Waals surface area contributed by atoms with Crippen molar-refractivity contribution in [1.29, 1.82) is 0 Å². The predicted molar refractivity (Wildman–Crippen MR) is 169 cm³/mol. The van der Waals surface area contributed by atoms with Crippen LogP contribution in [0.4, 0.5) is 20.3 Å². The van der Waals surface area contributed by atoms with E-state index in [1.165, 1.54) is 35.0 Å². The lowest BCUT2D eigenvalue weighted by Gasteiger charge is -2.28. The van der Waals surface area contributed by atoms with Crippen molar-refractivity contribution in [3.05, 3.63) is 108 Å². The number of amides is 1. The molecule has 1 amide bonds. The van der Waals surface area contributed by atoms with Gasteiger partial charge in [-0.05, 0) is 85.2 Å². The van der Waals surface area contributed by atoms with E-state index in [1.54, 1.807) is 0 Å². The van der Waals surface area contributed by atoms with Crippen LogP contribution < -0.4 is 15.4 Å². The molecule has 236 valence electrons. The molecule has 1 saturated carbocycles. The quantitative estimate of drug-likeness (QED) is 0.146. The average Bonchev–Trinajstić information content (AvgIpc) is 3.49. The molecule has 6 rings (SSSR count). The molecular formula is C35H33F2N5O4.